The van der Waals surface area contributed by atoms with Crippen LogP contribution in [0, 0.1) is 16.0 Å². The molecule has 0 heterocycles. The number of ether oxygens (including phenoxy) is 1. The van der Waals surface area contributed by atoms with Crippen LogP contribution in [0.15, 0.2) is 66.7 Å². The Bertz CT molecular complexity index is 1060. The number of carbonyl (C=O) groups excluding carboxylic acids is 2. The summed E-state index contributed by atoms with van der Waals surface area (Å²) in [5.74, 6) is -2.91. The molecular formula is C23H21NO5. The predicted octanol–water partition coefficient (Wildman–Crippen LogP) is 4.80. The van der Waals surface area contributed by atoms with Crippen LogP contribution in [-0.2, 0) is 20.9 Å². The molecular weight excluding hydrogens is 370 g/mol. The summed E-state index contributed by atoms with van der Waals surface area (Å²) in [7, 11) is 0. The van der Waals surface area contributed by atoms with E-state index >= 15 is 0 Å². The van der Waals surface area contributed by atoms with Gasteiger partial charge in [0.1, 0.15) is 18.3 Å². The number of hydrogen-bond donors (Lipinski definition) is 0. The fourth-order valence-electron chi connectivity index (χ4n) is 3.56. The lowest BCUT2D eigenvalue weighted by atomic mass is 9.83. The van der Waals surface area contributed by atoms with E-state index in [1.807, 2.05) is 30.3 Å². The summed E-state index contributed by atoms with van der Waals surface area (Å²) in [6, 6.07) is 19.5. The molecule has 0 saturated heterocycles. The first-order chi connectivity index (χ1) is 13.9. The van der Waals surface area contributed by atoms with E-state index < -0.39 is 28.5 Å². The average Bonchev–Trinajstić information content (AvgIpc) is 2.71. The van der Waals surface area contributed by atoms with Gasteiger partial charge in [-0.1, -0.05) is 67.6 Å². The lowest BCUT2D eigenvalue weighted by Crippen LogP contribution is -2.29. The fraction of sp³-hybridized carbons (Fsp3) is 0.217. The third kappa shape index (κ3) is 4.32. The standard InChI is InChI=1S/C23H21NO5/c1-15(19-13-12-18-10-6-7-11-20(18)22(19)24(27)28)21(16(2)25)23(26)29-14-17-8-4-3-5-9-17/h3-13,15,21H,14H2,1-2H3. The summed E-state index contributed by atoms with van der Waals surface area (Å²) in [4.78, 5) is 36.4. The number of ketones is 1. The van der Waals surface area contributed by atoms with E-state index in [1.165, 1.54) is 6.92 Å². The van der Waals surface area contributed by atoms with Crippen molar-refractivity contribution in [2.24, 2.45) is 5.92 Å². The maximum atomic E-state index is 12.7. The number of hydrogen-bond acceptors (Lipinski definition) is 5. The van der Waals surface area contributed by atoms with Crippen LogP contribution in [-0.4, -0.2) is 16.7 Å². The third-order valence-electron chi connectivity index (χ3n) is 5.02. The van der Waals surface area contributed by atoms with Gasteiger partial charge in [0, 0.05) is 11.5 Å². The Balaban J connectivity index is 1.94. The van der Waals surface area contributed by atoms with Crippen LogP contribution in [0.3, 0.4) is 0 Å². The number of carbonyl (C=O) groups is 2. The van der Waals surface area contributed by atoms with E-state index in [4.69, 9.17) is 4.74 Å². The van der Waals surface area contributed by atoms with Gasteiger partial charge in [0.25, 0.3) is 5.69 Å². The molecule has 0 saturated carbocycles. The van der Waals surface area contributed by atoms with Crippen molar-refractivity contribution < 1.29 is 19.2 Å². The molecule has 3 aromatic carbocycles. The molecule has 29 heavy (non-hydrogen) atoms. The van der Waals surface area contributed by atoms with Gasteiger partial charge in [0.2, 0.25) is 0 Å². The normalized spacial score (nSPS) is 12.9. The van der Waals surface area contributed by atoms with Gasteiger partial charge >= 0.3 is 5.97 Å². The van der Waals surface area contributed by atoms with Gasteiger partial charge in [0.05, 0.1) is 10.3 Å². The minimum atomic E-state index is -1.13. The molecule has 0 fully saturated rings. The first-order valence-corrected chi connectivity index (χ1v) is 9.27. The van der Waals surface area contributed by atoms with Gasteiger partial charge in [-0.25, -0.2) is 0 Å². The summed E-state index contributed by atoms with van der Waals surface area (Å²) in [5.41, 5.74) is 1.05. The van der Waals surface area contributed by atoms with Gasteiger partial charge in [0.15, 0.2) is 0 Å². The van der Waals surface area contributed by atoms with Crippen LogP contribution in [0.4, 0.5) is 5.69 Å². The fourth-order valence-corrected chi connectivity index (χ4v) is 3.56. The Morgan fingerprint density at radius 2 is 1.66 bits per heavy atom. The third-order valence-corrected chi connectivity index (χ3v) is 5.02. The Morgan fingerprint density at radius 1 is 1.00 bits per heavy atom. The van der Waals surface area contributed by atoms with Crippen LogP contribution in [0.5, 0.6) is 0 Å². The minimum absolute atomic E-state index is 0.0377. The number of rotatable bonds is 7. The molecule has 0 radical (unpaired) electrons. The van der Waals surface area contributed by atoms with E-state index in [0.717, 1.165) is 10.9 Å². The molecule has 2 atom stereocenters. The van der Waals surface area contributed by atoms with E-state index in [9.17, 15) is 19.7 Å². The van der Waals surface area contributed by atoms with Crippen LogP contribution >= 0.6 is 0 Å². The van der Waals surface area contributed by atoms with Crippen molar-refractivity contribution in [3.63, 3.8) is 0 Å². The molecule has 0 amide bonds. The molecule has 0 bridgehead atoms. The van der Waals surface area contributed by atoms with Gasteiger partial charge < -0.3 is 4.74 Å². The number of nitro benzene ring substituents is 1. The highest BCUT2D eigenvalue weighted by Crippen LogP contribution is 2.37. The predicted molar refractivity (Wildman–Crippen MR) is 109 cm³/mol. The van der Waals surface area contributed by atoms with Crippen molar-refractivity contribution in [3.05, 3.63) is 88.0 Å². The molecule has 0 aliphatic carbocycles. The number of fused-ring (bicyclic) bond motifs is 1. The lowest BCUT2D eigenvalue weighted by Gasteiger charge is -2.21. The number of Topliss-reactive ketones (excluding diaryl/α,β-unsaturated/α-hetero) is 1. The van der Waals surface area contributed by atoms with Crippen LogP contribution in [0.25, 0.3) is 10.8 Å². The monoisotopic (exact) mass is 391 g/mol. The van der Waals surface area contributed by atoms with Gasteiger partial charge in [-0.05, 0) is 23.9 Å². The second kappa shape index (κ2) is 8.65. The van der Waals surface area contributed by atoms with E-state index in [2.05, 4.69) is 0 Å². The SMILES string of the molecule is CC(=O)C(C(=O)OCc1ccccc1)C(C)c1ccc2ccccc2c1[N+](=O)[O-]. The van der Waals surface area contributed by atoms with E-state index in [0.29, 0.717) is 10.9 Å². The van der Waals surface area contributed by atoms with Crippen molar-refractivity contribution in [1.82, 2.24) is 0 Å². The molecule has 3 rings (SSSR count). The topological polar surface area (TPSA) is 86.5 Å². The Kier molecular flexibility index (Phi) is 6.02. The first-order valence-electron chi connectivity index (χ1n) is 9.27. The van der Waals surface area contributed by atoms with Gasteiger partial charge in [-0.15, -0.1) is 0 Å². The largest absolute Gasteiger partial charge is 0.460 e. The molecule has 148 valence electrons. The number of esters is 1. The maximum absolute atomic E-state index is 12.7. The Hall–Kier alpha value is -3.54. The van der Waals surface area contributed by atoms with Crippen molar-refractivity contribution in [2.75, 3.05) is 0 Å². The molecule has 2 unspecified atom stereocenters. The number of nitro groups is 1. The second-order valence-electron chi connectivity index (χ2n) is 6.95. The van der Waals surface area contributed by atoms with Crippen molar-refractivity contribution in [2.45, 2.75) is 26.4 Å². The highest BCUT2D eigenvalue weighted by molar-refractivity contribution is 6.00. The molecule has 3 aromatic rings. The summed E-state index contributed by atoms with van der Waals surface area (Å²) >= 11 is 0. The van der Waals surface area contributed by atoms with Crippen LogP contribution in [0.2, 0.25) is 0 Å². The molecule has 6 nitrogen and oxygen atoms in total. The second-order valence-corrected chi connectivity index (χ2v) is 6.95. The van der Waals surface area contributed by atoms with Gasteiger partial charge in [-0.3, -0.25) is 19.7 Å². The number of benzene rings is 3. The minimum Gasteiger partial charge on any atom is -0.460 e. The maximum Gasteiger partial charge on any atom is 0.317 e. The Morgan fingerprint density at radius 3 is 2.31 bits per heavy atom. The summed E-state index contributed by atoms with van der Waals surface area (Å²) < 4.78 is 5.35. The zero-order valence-corrected chi connectivity index (χ0v) is 16.2. The smallest absolute Gasteiger partial charge is 0.317 e. The molecule has 0 spiro atoms. The molecule has 0 aliphatic rings. The average molecular weight is 391 g/mol. The molecule has 0 aromatic heterocycles. The van der Waals surface area contributed by atoms with E-state index in [1.54, 1.807) is 43.3 Å². The highest BCUT2D eigenvalue weighted by Gasteiger charge is 2.36. The zero-order valence-electron chi connectivity index (χ0n) is 16.2. The van der Waals surface area contributed by atoms with E-state index in [-0.39, 0.29) is 12.3 Å². The molecule has 0 aliphatic heterocycles. The molecule has 0 N–H and O–H groups in total. The lowest BCUT2D eigenvalue weighted by molar-refractivity contribution is -0.383. The van der Waals surface area contributed by atoms with Crippen molar-refractivity contribution >= 4 is 28.2 Å². The van der Waals surface area contributed by atoms with Crippen molar-refractivity contribution in [1.29, 1.82) is 0 Å². The first kappa shape index (κ1) is 20.2. The number of nitrogens with zero attached hydrogens (tertiary/aromatic N) is 1. The highest BCUT2D eigenvalue weighted by atomic mass is 16.6. The quantitative estimate of drug-likeness (QED) is 0.250. The summed E-state index contributed by atoms with van der Waals surface area (Å²) in [6.07, 6.45) is 0. The van der Waals surface area contributed by atoms with Crippen LogP contribution < -0.4 is 0 Å². The van der Waals surface area contributed by atoms with Crippen LogP contribution in [0.1, 0.15) is 30.9 Å². The molecule has 6 heteroatoms. The zero-order chi connectivity index (χ0) is 21.0. The summed E-state index contributed by atoms with van der Waals surface area (Å²) in [5, 5.41) is 13.0. The summed E-state index contributed by atoms with van der Waals surface area (Å²) in [6.45, 7) is 2.99. The van der Waals surface area contributed by atoms with Crippen molar-refractivity contribution in [3.8, 4) is 0 Å². The van der Waals surface area contributed by atoms with Gasteiger partial charge in [-0.2, -0.15) is 0 Å². The Labute approximate surface area is 168 Å².